The second kappa shape index (κ2) is 3.38. The summed E-state index contributed by atoms with van der Waals surface area (Å²) < 4.78 is 1.66. The second-order valence-corrected chi connectivity index (χ2v) is 4.08. The van der Waals surface area contributed by atoms with Gasteiger partial charge in [-0.15, -0.1) is 0 Å². The Kier molecular flexibility index (Phi) is 2.00. The number of pyridine rings is 1. The van der Waals surface area contributed by atoms with E-state index in [1.54, 1.807) is 11.0 Å². The van der Waals surface area contributed by atoms with Gasteiger partial charge in [-0.2, -0.15) is 5.10 Å². The summed E-state index contributed by atoms with van der Waals surface area (Å²) in [7, 11) is 2.00. The van der Waals surface area contributed by atoms with Crippen molar-refractivity contribution < 1.29 is 0 Å². The van der Waals surface area contributed by atoms with E-state index in [2.05, 4.69) is 26.4 Å². The number of hydrogen-bond donors (Lipinski definition) is 1. The van der Waals surface area contributed by atoms with Crippen LogP contribution in [0.4, 0.5) is 0 Å². The Labute approximate surface area is 93.5 Å². The molecule has 0 spiro atoms. The Morgan fingerprint density at radius 2 is 2.25 bits per heavy atom. The molecule has 16 heavy (non-hydrogen) atoms. The molecule has 0 unspecified atom stereocenters. The molecule has 0 bridgehead atoms. The van der Waals surface area contributed by atoms with E-state index in [1.165, 1.54) is 24.7 Å². The van der Waals surface area contributed by atoms with Crippen LogP contribution in [0.25, 0.3) is 5.82 Å². The molecule has 1 aliphatic carbocycles. The molecule has 3 rings (SSSR count). The molecule has 2 aromatic rings. The molecule has 2 aromatic heterocycles. The van der Waals surface area contributed by atoms with Crippen LogP contribution in [0.5, 0.6) is 0 Å². The first kappa shape index (κ1) is 9.47. The van der Waals surface area contributed by atoms with Gasteiger partial charge in [-0.1, -0.05) is 6.07 Å². The number of rotatable bonds is 3. The first-order chi connectivity index (χ1) is 7.84. The summed E-state index contributed by atoms with van der Waals surface area (Å²) in [5, 5.41) is 7.39. The Balaban J connectivity index is 1.91. The Morgan fingerprint density at radius 1 is 1.38 bits per heavy atom. The fourth-order valence-electron chi connectivity index (χ4n) is 1.94. The zero-order valence-corrected chi connectivity index (χ0v) is 9.09. The number of aromatic nitrogens is 4. The largest absolute Gasteiger partial charge is 0.310 e. The van der Waals surface area contributed by atoms with Crippen LogP contribution in [0, 0.1) is 0 Å². The van der Waals surface area contributed by atoms with Crippen LogP contribution >= 0.6 is 0 Å². The van der Waals surface area contributed by atoms with Gasteiger partial charge in [0, 0.05) is 11.7 Å². The van der Waals surface area contributed by atoms with E-state index in [0.717, 1.165) is 5.82 Å². The van der Waals surface area contributed by atoms with E-state index < -0.39 is 0 Å². The van der Waals surface area contributed by atoms with E-state index in [9.17, 15) is 0 Å². The second-order valence-electron chi connectivity index (χ2n) is 4.08. The van der Waals surface area contributed by atoms with Gasteiger partial charge >= 0.3 is 0 Å². The SMILES string of the molecule is CNC1(c2ccc(-n3cncn3)nc2)CC1. The molecule has 0 aromatic carbocycles. The van der Waals surface area contributed by atoms with Crippen LogP contribution in [0.1, 0.15) is 18.4 Å². The van der Waals surface area contributed by atoms with Gasteiger partial charge in [0.05, 0.1) is 0 Å². The van der Waals surface area contributed by atoms with E-state index in [4.69, 9.17) is 0 Å². The van der Waals surface area contributed by atoms with Crippen molar-refractivity contribution in [1.29, 1.82) is 0 Å². The first-order valence-corrected chi connectivity index (χ1v) is 5.34. The topological polar surface area (TPSA) is 55.6 Å². The van der Waals surface area contributed by atoms with Crippen LogP contribution < -0.4 is 5.32 Å². The van der Waals surface area contributed by atoms with Crippen molar-refractivity contribution >= 4 is 0 Å². The quantitative estimate of drug-likeness (QED) is 0.825. The zero-order chi connectivity index (χ0) is 11.0. The standard InChI is InChI=1S/C11H13N5/c1-12-11(4-5-11)9-2-3-10(14-6-9)16-8-13-7-15-16/h2-3,6-8,12H,4-5H2,1H3. The lowest BCUT2D eigenvalue weighted by Crippen LogP contribution is -2.24. The number of nitrogens with zero attached hydrogens (tertiary/aromatic N) is 4. The average molecular weight is 215 g/mol. The summed E-state index contributed by atoms with van der Waals surface area (Å²) in [5.41, 5.74) is 1.42. The van der Waals surface area contributed by atoms with Crippen molar-refractivity contribution in [3.63, 3.8) is 0 Å². The fourth-order valence-corrected chi connectivity index (χ4v) is 1.94. The Bertz CT molecular complexity index is 470. The minimum Gasteiger partial charge on any atom is -0.310 e. The average Bonchev–Trinajstić information content (AvgIpc) is 2.96. The van der Waals surface area contributed by atoms with Gasteiger partial charge in [0.1, 0.15) is 12.7 Å². The summed E-state index contributed by atoms with van der Waals surface area (Å²) >= 11 is 0. The molecule has 0 aliphatic heterocycles. The maximum atomic E-state index is 4.40. The molecule has 0 atom stereocenters. The number of nitrogens with one attached hydrogen (secondary N) is 1. The van der Waals surface area contributed by atoms with E-state index in [-0.39, 0.29) is 5.54 Å². The monoisotopic (exact) mass is 215 g/mol. The van der Waals surface area contributed by atoms with Gasteiger partial charge in [-0.05, 0) is 31.5 Å². The van der Waals surface area contributed by atoms with E-state index >= 15 is 0 Å². The van der Waals surface area contributed by atoms with Gasteiger partial charge in [0.15, 0.2) is 5.82 Å². The zero-order valence-electron chi connectivity index (χ0n) is 9.09. The van der Waals surface area contributed by atoms with Gasteiger partial charge in [0.2, 0.25) is 0 Å². The highest BCUT2D eigenvalue weighted by Gasteiger charge is 2.42. The van der Waals surface area contributed by atoms with Crippen LogP contribution in [0.3, 0.4) is 0 Å². The lowest BCUT2D eigenvalue weighted by Gasteiger charge is -2.14. The molecule has 5 nitrogen and oxygen atoms in total. The maximum Gasteiger partial charge on any atom is 0.155 e. The minimum absolute atomic E-state index is 0.175. The van der Waals surface area contributed by atoms with Crippen molar-refractivity contribution in [3.05, 3.63) is 36.5 Å². The minimum atomic E-state index is 0.175. The van der Waals surface area contributed by atoms with Crippen molar-refractivity contribution in [2.45, 2.75) is 18.4 Å². The predicted octanol–water partition coefficient (Wildman–Crippen LogP) is 0.871. The number of hydrogen-bond acceptors (Lipinski definition) is 4. The van der Waals surface area contributed by atoms with Gasteiger partial charge in [-0.3, -0.25) is 0 Å². The maximum absolute atomic E-state index is 4.40. The molecular weight excluding hydrogens is 202 g/mol. The predicted molar refractivity (Wildman–Crippen MR) is 59.1 cm³/mol. The summed E-state index contributed by atoms with van der Waals surface area (Å²) in [6, 6.07) is 4.08. The van der Waals surface area contributed by atoms with E-state index in [0.29, 0.717) is 0 Å². The van der Waals surface area contributed by atoms with Crippen molar-refractivity contribution in [2.75, 3.05) is 7.05 Å². The molecule has 1 N–H and O–H groups in total. The lowest BCUT2D eigenvalue weighted by atomic mass is 10.1. The van der Waals surface area contributed by atoms with Crippen molar-refractivity contribution in [3.8, 4) is 5.82 Å². The molecule has 1 saturated carbocycles. The molecule has 82 valence electrons. The molecule has 1 aliphatic rings. The summed E-state index contributed by atoms with van der Waals surface area (Å²) in [6.07, 6.45) is 7.45. The van der Waals surface area contributed by atoms with Crippen molar-refractivity contribution in [2.24, 2.45) is 0 Å². The van der Waals surface area contributed by atoms with Gasteiger partial charge in [0.25, 0.3) is 0 Å². The third kappa shape index (κ3) is 1.40. The van der Waals surface area contributed by atoms with Crippen LogP contribution in [0.15, 0.2) is 31.0 Å². The van der Waals surface area contributed by atoms with Crippen molar-refractivity contribution in [1.82, 2.24) is 25.1 Å². The lowest BCUT2D eigenvalue weighted by molar-refractivity contribution is 0.582. The molecule has 0 saturated heterocycles. The summed E-state index contributed by atoms with van der Waals surface area (Å²) in [5.74, 6) is 0.799. The highest BCUT2D eigenvalue weighted by Crippen LogP contribution is 2.44. The fraction of sp³-hybridized carbons (Fsp3) is 0.364. The Hall–Kier alpha value is -1.75. The Morgan fingerprint density at radius 3 is 2.75 bits per heavy atom. The van der Waals surface area contributed by atoms with Gasteiger partial charge in [-0.25, -0.2) is 14.6 Å². The molecule has 0 radical (unpaired) electrons. The van der Waals surface area contributed by atoms with Crippen LogP contribution in [-0.4, -0.2) is 26.8 Å². The summed E-state index contributed by atoms with van der Waals surface area (Å²) in [6.45, 7) is 0. The smallest absolute Gasteiger partial charge is 0.155 e. The molecule has 1 fully saturated rings. The normalized spacial score (nSPS) is 17.3. The van der Waals surface area contributed by atoms with E-state index in [1.807, 2.05) is 19.3 Å². The molecule has 5 heteroatoms. The van der Waals surface area contributed by atoms with Gasteiger partial charge < -0.3 is 5.32 Å². The molecule has 0 amide bonds. The molecule has 2 heterocycles. The third-order valence-corrected chi connectivity index (χ3v) is 3.18. The molecular formula is C11H13N5. The highest BCUT2D eigenvalue weighted by molar-refractivity contribution is 5.32. The first-order valence-electron chi connectivity index (χ1n) is 5.34. The van der Waals surface area contributed by atoms with Crippen LogP contribution in [-0.2, 0) is 5.54 Å². The summed E-state index contributed by atoms with van der Waals surface area (Å²) in [4.78, 5) is 8.29. The highest BCUT2D eigenvalue weighted by atomic mass is 15.3. The van der Waals surface area contributed by atoms with Crippen LogP contribution in [0.2, 0.25) is 0 Å². The third-order valence-electron chi connectivity index (χ3n) is 3.18.